The Hall–Kier alpha value is -1.26. The number of benzene rings is 1. The summed E-state index contributed by atoms with van der Waals surface area (Å²) in [5, 5.41) is 3.77. The number of hydrogen-bond donors (Lipinski definition) is 1. The summed E-state index contributed by atoms with van der Waals surface area (Å²) in [7, 11) is 1.34. The van der Waals surface area contributed by atoms with Gasteiger partial charge in [-0.15, -0.1) is 0 Å². The highest BCUT2D eigenvalue weighted by atomic mass is 35.5. The fourth-order valence-electron chi connectivity index (χ4n) is 2.17. The number of carbonyl (C=O) groups excluding carboxylic acids is 1. The molecule has 0 aromatic heterocycles. The third-order valence-electron chi connectivity index (χ3n) is 3.24. The lowest BCUT2D eigenvalue weighted by Gasteiger charge is -2.36. The van der Waals surface area contributed by atoms with E-state index < -0.39 is 5.97 Å². The molecule has 0 bridgehead atoms. The summed E-state index contributed by atoms with van der Waals surface area (Å²) in [6.45, 7) is 2.76. The molecule has 104 valence electrons. The minimum absolute atomic E-state index is 0.356. The Morgan fingerprint density at radius 3 is 2.84 bits per heavy atom. The van der Waals surface area contributed by atoms with Crippen LogP contribution in [0.15, 0.2) is 18.2 Å². The highest BCUT2D eigenvalue weighted by Crippen LogP contribution is 2.28. The second-order valence-corrected chi connectivity index (χ2v) is 4.98. The van der Waals surface area contributed by atoms with Crippen LogP contribution in [0, 0.1) is 0 Å². The minimum Gasteiger partial charge on any atom is -0.465 e. The van der Waals surface area contributed by atoms with E-state index in [0.29, 0.717) is 22.7 Å². The lowest BCUT2D eigenvalue weighted by molar-refractivity contribution is 0.00298. The molecule has 0 heterocycles. The van der Waals surface area contributed by atoms with Crippen LogP contribution in [0.1, 0.15) is 30.1 Å². The summed E-state index contributed by atoms with van der Waals surface area (Å²) >= 11 is 5.97. The largest absolute Gasteiger partial charge is 0.465 e. The molecule has 2 rings (SSSR count). The molecule has 1 aliphatic carbocycles. The number of hydrogen-bond acceptors (Lipinski definition) is 4. The average molecular weight is 284 g/mol. The SMILES string of the molecule is CCOC1CC(Nc2ccc(Cl)c(C(=O)OC)c2)C1. The summed E-state index contributed by atoms with van der Waals surface area (Å²) in [6, 6.07) is 5.68. The molecule has 0 aliphatic heterocycles. The van der Waals surface area contributed by atoms with Gasteiger partial charge >= 0.3 is 5.97 Å². The number of ether oxygens (including phenoxy) is 2. The van der Waals surface area contributed by atoms with Gasteiger partial charge < -0.3 is 14.8 Å². The van der Waals surface area contributed by atoms with Gasteiger partial charge in [-0.05, 0) is 38.0 Å². The van der Waals surface area contributed by atoms with E-state index in [1.54, 1.807) is 12.1 Å². The van der Waals surface area contributed by atoms with E-state index in [-0.39, 0.29) is 0 Å². The van der Waals surface area contributed by atoms with Gasteiger partial charge in [0.1, 0.15) is 0 Å². The van der Waals surface area contributed by atoms with Gasteiger partial charge in [-0.3, -0.25) is 0 Å². The Morgan fingerprint density at radius 2 is 2.21 bits per heavy atom. The average Bonchev–Trinajstić information content (AvgIpc) is 2.37. The number of esters is 1. The monoisotopic (exact) mass is 283 g/mol. The van der Waals surface area contributed by atoms with Gasteiger partial charge in [0.05, 0.1) is 23.8 Å². The fraction of sp³-hybridized carbons (Fsp3) is 0.500. The van der Waals surface area contributed by atoms with E-state index in [2.05, 4.69) is 5.32 Å². The number of rotatable bonds is 5. The molecule has 1 fully saturated rings. The molecule has 0 spiro atoms. The Kier molecular flexibility index (Phi) is 4.66. The minimum atomic E-state index is -0.422. The molecule has 4 nitrogen and oxygen atoms in total. The third-order valence-corrected chi connectivity index (χ3v) is 3.57. The van der Waals surface area contributed by atoms with Gasteiger partial charge in [-0.25, -0.2) is 4.79 Å². The Balaban J connectivity index is 1.97. The summed E-state index contributed by atoms with van der Waals surface area (Å²) in [4.78, 5) is 11.5. The summed E-state index contributed by atoms with van der Waals surface area (Å²) in [5.41, 5.74) is 1.26. The van der Waals surface area contributed by atoms with Gasteiger partial charge in [-0.1, -0.05) is 11.6 Å². The van der Waals surface area contributed by atoms with Crippen LogP contribution in [0.4, 0.5) is 5.69 Å². The molecule has 19 heavy (non-hydrogen) atoms. The molecular weight excluding hydrogens is 266 g/mol. The Bertz CT molecular complexity index is 458. The standard InChI is InChI=1S/C14H18ClNO3/c1-3-19-11-6-10(7-11)16-9-4-5-13(15)12(8-9)14(17)18-2/h4-5,8,10-11,16H,3,6-7H2,1-2H3. The number of anilines is 1. The van der Waals surface area contributed by atoms with Gasteiger partial charge in [0.2, 0.25) is 0 Å². The number of carbonyl (C=O) groups is 1. The van der Waals surface area contributed by atoms with E-state index in [1.165, 1.54) is 7.11 Å². The molecule has 0 atom stereocenters. The van der Waals surface area contributed by atoms with Crippen LogP contribution in [0.5, 0.6) is 0 Å². The van der Waals surface area contributed by atoms with Crippen molar-refractivity contribution in [1.29, 1.82) is 0 Å². The molecule has 0 unspecified atom stereocenters. The predicted molar refractivity (Wildman–Crippen MR) is 74.9 cm³/mol. The zero-order chi connectivity index (χ0) is 13.8. The van der Waals surface area contributed by atoms with Crippen molar-refractivity contribution in [2.24, 2.45) is 0 Å². The third kappa shape index (κ3) is 3.39. The van der Waals surface area contributed by atoms with Crippen LogP contribution in [-0.4, -0.2) is 31.8 Å². The van der Waals surface area contributed by atoms with E-state index >= 15 is 0 Å². The lowest BCUT2D eigenvalue weighted by atomic mass is 9.89. The van der Waals surface area contributed by atoms with Gasteiger partial charge in [-0.2, -0.15) is 0 Å². The maximum atomic E-state index is 11.5. The van der Waals surface area contributed by atoms with E-state index in [0.717, 1.165) is 25.1 Å². The second-order valence-electron chi connectivity index (χ2n) is 4.58. The molecule has 0 saturated heterocycles. The zero-order valence-corrected chi connectivity index (χ0v) is 11.9. The molecule has 1 aromatic carbocycles. The molecular formula is C14H18ClNO3. The van der Waals surface area contributed by atoms with E-state index in [4.69, 9.17) is 21.1 Å². The highest BCUT2D eigenvalue weighted by Gasteiger charge is 2.29. The first-order valence-electron chi connectivity index (χ1n) is 6.40. The quantitative estimate of drug-likeness (QED) is 0.844. The van der Waals surface area contributed by atoms with Crippen LogP contribution in [0.25, 0.3) is 0 Å². The molecule has 1 N–H and O–H groups in total. The number of methoxy groups -OCH3 is 1. The van der Waals surface area contributed by atoms with Crippen molar-refractivity contribution < 1.29 is 14.3 Å². The molecule has 1 saturated carbocycles. The first-order valence-corrected chi connectivity index (χ1v) is 6.77. The van der Waals surface area contributed by atoms with Crippen LogP contribution >= 0.6 is 11.6 Å². The summed E-state index contributed by atoms with van der Waals surface area (Å²) in [6.07, 6.45) is 2.34. The van der Waals surface area contributed by atoms with Crippen molar-refractivity contribution in [3.8, 4) is 0 Å². The van der Waals surface area contributed by atoms with Crippen LogP contribution < -0.4 is 5.32 Å². The molecule has 1 aliphatic rings. The normalized spacial score (nSPS) is 21.6. The molecule has 5 heteroatoms. The second kappa shape index (κ2) is 6.26. The van der Waals surface area contributed by atoms with E-state index in [1.807, 2.05) is 13.0 Å². The summed E-state index contributed by atoms with van der Waals surface area (Å²) < 4.78 is 10.2. The van der Waals surface area contributed by atoms with Crippen molar-refractivity contribution in [2.45, 2.75) is 31.9 Å². The maximum Gasteiger partial charge on any atom is 0.339 e. The molecule has 1 aromatic rings. The maximum absolute atomic E-state index is 11.5. The summed E-state index contributed by atoms with van der Waals surface area (Å²) in [5.74, 6) is -0.422. The van der Waals surface area contributed by atoms with Crippen LogP contribution in [0.3, 0.4) is 0 Å². The van der Waals surface area contributed by atoms with Crippen molar-refractivity contribution >= 4 is 23.3 Å². The molecule has 0 radical (unpaired) electrons. The van der Waals surface area contributed by atoms with Gasteiger partial charge in [0.15, 0.2) is 0 Å². The number of nitrogens with one attached hydrogen (secondary N) is 1. The predicted octanol–water partition coefficient (Wildman–Crippen LogP) is 3.11. The van der Waals surface area contributed by atoms with Crippen LogP contribution in [-0.2, 0) is 9.47 Å². The van der Waals surface area contributed by atoms with E-state index in [9.17, 15) is 4.79 Å². The van der Waals surface area contributed by atoms with Crippen molar-refractivity contribution in [3.05, 3.63) is 28.8 Å². The number of halogens is 1. The van der Waals surface area contributed by atoms with Crippen LogP contribution in [0.2, 0.25) is 5.02 Å². The first-order chi connectivity index (χ1) is 9.13. The lowest BCUT2D eigenvalue weighted by Crippen LogP contribution is -2.40. The van der Waals surface area contributed by atoms with Crippen molar-refractivity contribution in [2.75, 3.05) is 19.0 Å². The van der Waals surface area contributed by atoms with Gasteiger partial charge in [0, 0.05) is 18.3 Å². The van der Waals surface area contributed by atoms with Crippen molar-refractivity contribution in [3.63, 3.8) is 0 Å². The fourth-order valence-corrected chi connectivity index (χ4v) is 2.37. The van der Waals surface area contributed by atoms with Crippen molar-refractivity contribution in [1.82, 2.24) is 0 Å². The highest BCUT2D eigenvalue weighted by molar-refractivity contribution is 6.33. The topological polar surface area (TPSA) is 47.6 Å². The smallest absolute Gasteiger partial charge is 0.339 e. The molecule has 0 amide bonds. The first kappa shape index (κ1) is 14.2. The zero-order valence-electron chi connectivity index (χ0n) is 11.1. The van der Waals surface area contributed by atoms with Gasteiger partial charge in [0.25, 0.3) is 0 Å². The Labute approximate surface area is 118 Å². The Morgan fingerprint density at radius 1 is 1.47 bits per heavy atom.